The summed E-state index contributed by atoms with van der Waals surface area (Å²) in [7, 11) is 3.11. The number of aromatic nitrogens is 1. The van der Waals surface area contributed by atoms with Crippen molar-refractivity contribution in [2.24, 2.45) is 0 Å². The molecular weight excluding hydrogens is 392 g/mol. The number of fused-ring (bicyclic) bond motifs is 1. The molecule has 0 fully saturated rings. The average molecular weight is 409 g/mol. The Bertz CT molecular complexity index is 1160. The van der Waals surface area contributed by atoms with Gasteiger partial charge in [0, 0.05) is 40.0 Å². The summed E-state index contributed by atoms with van der Waals surface area (Å²) in [5.41, 5.74) is 2.52. The molecule has 1 N–H and O–H groups in total. The first kappa shape index (κ1) is 18.8. The van der Waals surface area contributed by atoms with Gasteiger partial charge in [0.05, 0.1) is 19.6 Å². The molecule has 0 atom stereocenters. The van der Waals surface area contributed by atoms with Crippen LogP contribution in [0.15, 0.2) is 65.2 Å². The number of rotatable bonds is 5. The van der Waals surface area contributed by atoms with Crippen LogP contribution in [0.2, 0.25) is 5.02 Å². The smallest absolute Gasteiger partial charge is 0.255 e. The number of nitrogens with zero attached hydrogens (tertiary/aromatic N) is 1. The normalized spacial score (nSPS) is 10.7. The van der Waals surface area contributed by atoms with Gasteiger partial charge in [-0.3, -0.25) is 4.79 Å². The molecule has 1 amide bonds. The van der Waals surface area contributed by atoms with Crippen molar-refractivity contribution in [3.63, 3.8) is 0 Å². The molecule has 1 heterocycles. The second kappa shape index (κ2) is 7.85. The molecule has 0 aliphatic heterocycles. The Morgan fingerprint density at radius 1 is 0.966 bits per heavy atom. The maximum Gasteiger partial charge on any atom is 0.255 e. The van der Waals surface area contributed by atoms with E-state index in [1.165, 1.54) is 0 Å². The lowest BCUT2D eigenvalue weighted by Gasteiger charge is -2.10. The molecule has 0 saturated carbocycles. The van der Waals surface area contributed by atoms with Crippen LogP contribution in [0.1, 0.15) is 10.4 Å². The van der Waals surface area contributed by atoms with Crippen LogP contribution in [-0.2, 0) is 0 Å². The lowest BCUT2D eigenvalue weighted by atomic mass is 10.1. The molecule has 0 saturated heterocycles. The summed E-state index contributed by atoms with van der Waals surface area (Å²) in [5, 5.41) is 8.31. The third-order valence-electron chi connectivity index (χ3n) is 4.45. The van der Waals surface area contributed by atoms with Crippen molar-refractivity contribution in [2.75, 3.05) is 19.5 Å². The zero-order valence-electron chi connectivity index (χ0n) is 15.7. The molecule has 0 bridgehead atoms. The van der Waals surface area contributed by atoms with Gasteiger partial charge < -0.3 is 19.3 Å². The average Bonchev–Trinajstić information content (AvgIpc) is 3.17. The number of methoxy groups -OCH3 is 2. The summed E-state index contributed by atoms with van der Waals surface area (Å²) in [5.74, 6) is 1.47. The third-order valence-corrected chi connectivity index (χ3v) is 4.71. The van der Waals surface area contributed by atoms with E-state index in [9.17, 15) is 4.79 Å². The summed E-state index contributed by atoms with van der Waals surface area (Å²) in [4.78, 5) is 12.8. The highest BCUT2D eigenvalue weighted by molar-refractivity contribution is 6.30. The highest BCUT2D eigenvalue weighted by atomic mass is 35.5. The first-order valence-corrected chi connectivity index (χ1v) is 9.15. The summed E-state index contributed by atoms with van der Waals surface area (Å²) < 4.78 is 16.0. The Morgan fingerprint density at radius 3 is 2.31 bits per heavy atom. The molecule has 146 valence electrons. The number of nitrogens with one attached hydrogen (secondary N) is 1. The molecule has 0 aliphatic carbocycles. The number of hydrogen-bond acceptors (Lipinski definition) is 5. The van der Waals surface area contributed by atoms with Gasteiger partial charge >= 0.3 is 0 Å². The van der Waals surface area contributed by atoms with Crippen LogP contribution < -0.4 is 14.8 Å². The molecular formula is C22H17ClN2O4. The molecule has 3 aromatic carbocycles. The molecule has 0 spiro atoms. The minimum Gasteiger partial charge on any atom is -0.497 e. The topological polar surface area (TPSA) is 73.6 Å². The van der Waals surface area contributed by atoms with Gasteiger partial charge in [-0.1, -0.05) is 16.8 Å². The molecule has 4 rings (SSSR count). The largest absolute Gasteiger partial charge is 0.497 e. The highest BCUT2D eigenvalue weighted by Crippen LogP contribution is 2.31. The van der Waals surface area contributed by atoms with Crippen LogP contribution in [0.25, 0.3) is 22.2 Å². The molecule has 0 radical (unpaired) electrons. The third kappa shape index (κ3) is 3.88. The van der Waals surface area contributed by atoms with Crippen molar-refractivity contribution >= 4 is 34.1 Å². The van der Waals surface area contributed by atoms with E-state index in [2.05, 4.69) is 10.5 Å². The fraction of sp³-hybridized carbons (Fsp3) is 0.0909. The predicted octanol–water partition coefficient (Wildman–Crippen LogP) is 5.42. The molecule has 29 heavy (non-hydrogen) atoms. The first-order chi connectivity index (χ1) is 14.1. The summed E-state index contributed by atoms with van der Waals surface area (Å²) >= 11 is 5.96. The first-order valence-electron chi connectivity index (χ1n) is 8.77. The van der Waals surface area contributed by atoms with E-state index in [-0.39, 0.29) is 5.91 Å². The highest BCUT2D eigenvalue weighted by Gasteiger charge is 2.15. The fourth-order valence-electron chi connectivity index (χ4n) is 2.98. The zero-order chi connectivity index (χ0) is 20.4. The van der Waals surface area contributed by atoms with E-state index in [0.717, 1.165) is 10.9 Å². The van der Waals surface area contributed by atoms with E-state index in [1.807, 2.05) is 12.1 Å². The van der Waals surface area contributed by atoms with Crippen LogP contribution in [0.4, 0.5) is 5.69 Å². The molecule has 4 aromatic rings. The second-order valence-electron chi connectivity index (χ2n) is 6.31. The lowest BCUT2D eigenvalue weighted by Crippen LogP contribution is -2.12. The maximum atomic E-state index is 12.8. The van der Waals surface area contributed by atoms with Crippen LogP contribution in [-0.4, -0.2) is 25.3 Å². The van der Waals surface area contributed by atoms with Gasteiger partial charge in [-0.25, -0.2) is 0 Å². The SMILES string of the molecule is COc1cc(NC(=O)c2ccc3noc(-c4ccc(Cl)cc4)c3c2)cc(OC)c1. The molecule has 7 heteroatoms. The Balaban J connectivity index is 1.66. The number of carbonyl (C=O) groups excluding carboxylic acids is 1. The Morgan fingerprint density at radius 2 is 1.66 bits per heavy atom. The fourth-order valence-corrected chi connectivity index (χ4v) is 3.10. The summed E-state index contributed by atoms with van der Waals surface area (Å²) in [6.45, 7) is 0. The Kier molecular flexibility index (Phi) is 5.10. The number of benzene rings is 3. The minimum atomic E-state index is -0.273. The summed E-state index contributed by atoms with van der Waals surface area (Å²) in [6, 6.07) is 17.6. The number of ether oxygens (including phenoxy) is 2. The lowest BCUT2D eigenvalue weighted by molar-refractivity contribution is 0.102. The number of anilines is 1. The number of hydrogen-bond donors (Lipinski definition) is 1. The maximum absolute atomic E-state index is 12.8. The van der Waals surface area contributed by atoms with Gasteiger partial charge in [-0.05, 0) is 42.5 Å². The van der Waals surface area contributed by atoms with Crippen molar-refractivity contribution in [3.05, 3.63) is 71.2 Å². The number of amides is 1. The summed E-state index contributed by atoms with van der Waals surface area (Å²) in [6.07, 6.45) is 0. The second-order valence-corrected chi connectivity index (χ2v) is 6.74. The zero-order valence-corrected chi connectivity index (χ0v) is 16.5. The van der Waals surface area contributed by atoms with Gasteiger partial charge in [0.2, 0.25) is 0 Å². The quantitative estimate of drug-likeness (QED) is 0.477. The van der Waals surface area contributed by atoms with Gasteiger partial charge in [-0.2, -0.15) is 0 Å². The Labute approximate surface area is 172 Å². The van der Waals surface area contributed by atoms with Gasteiger partial charge in [-0.15, -0.1) is 0 Å². The van der Waals surface area contributed by atoms with Gasteiger partial charge in [0.15, 0.2) is 5.76 Å². The standard InChI is InChI=1S/C22H17ClN2O4/c1-27-17-10-16(11-18(12-17)28-2)24-22(26)14-5-8-20-19(9-14)21(29-25-20)13-3-6-15(23)7-4-13/h3-12H,1-2H3,(H,24,26). The van der Waals surface area contributed by atoms with Gasteiger partial charge in [0.1, 0.15) is 17.0 Å². The van der Waals surface area contributed by atoms with Crippen LogP contribution >= 0.6 is 11.6 Å². The van der Waals surface area contributed by atoms with Crippen molar-refractivity contribution in [3.8, 4) is 22.8 Å². The Hall–Kier alpha value is -3.51. The van der Waals surface area contributed by atoms with E-state index in [4.69, 9.17) is 25.6 Å². The molecule has 0 unspecified atom stereocenters. The van der Waals surface area contributed by atoms with Crippen LogP contribution in [0, 0.1) is 0 Å². The van der Waals surface area contributed by atoms with Crippen molar-refractivity contribution in [2.45, 2.75) is 0 Å². The monoisotopic (exact) mass is 408 g/mol. The van der Waals surface area contributed by atoms with Crippen LogP contribution in [0.5, 0.6) is 11.5 Å². The van der Waals surface area contributed by atoms with Crippen LogP contribution in [0.3, 0.4) is 0 Å². The van der Waals surface area contributed by atoms with E-state index in [0.29, 0.717) is 39.0 Å². The molecule has 6 nitrogen and oxygen atoms in total. The van der Waals surface area contributed by atoms with E-state index >= 15 is 0 Å². The van der Waals surface area contributed by atoms with Crippen molar-refractivity contribution in [1.29, 1.82) is 0 Å². The van der Waals surface area contributed by atoms with Gasteiger partial charge in [0.25, 0.3) is 5.91 Å². The number of halogens is 1. The number of carbonyl (C=O) groups is 1. The van der Waals surface area contributed by atoms with Crippen molar-refractivity contribution < 1.29 is 18.8 Å². The van der Waals surface area contributed by atoms with E-state index in [1.54, 1.807) is 62.8 Å². The molecule has 1 aromatic heterocycles. The molecule has 0 aliphatic rings. The van der Waals surface area contributed by atoms with Crippen molar-refractivity contribution in [1.82, 2.24) is 5.16 Å². The minimum absolute atomic E-state index is 0.273. The van der Waals surface area contributed by atoms with E-state index < -0.39 is 0 Å². The predicted molar refractivity (Wildman–Crippen MR) is 112 cm³/mol.